The molecule has 0 unspecified atom stereocenters. The van der Waals surface area contributed by atoms with Crippen LogP contribution in [-0.4, -0.2) is 6.21 Å². The van der Waals surface area contributed by atoms with Crippen LogP contribution < -0.4 is 10.2 Å². The molecule has 0 bridgehead atoms. The molecule has 1 N–H and O–H groups in total. The molecule has 4 heteroatoms. The highest BCUT2D eigenvalue weighted by Gasteiger charge is 1.96. The zero-order chi connectivity index (χ0) is 16.6. The number of hydrogen-bond acceptors (Lipinski definition) is 3. The summed E-state index contributed by atoms with van der Waals surface area (Å²) in [5, 5.41) is 4.91. The van der Waals surface area contributed by atoms with Gasteiger partial charge in [0.05, 0.1) is 11.9 Å². The Balaban J connectivity index is 1.52. The summed E-state index contributed by atoms with van der Waals surface area (Å²) in [6, 6.07) is 25.3. The summed E-state index contributed by atoms with van der Waals surface area (Å²) in [6.45, 7) is 0.562. The zero-order valence-corrected chi connectivity index (χ0v) is 13.8. The minimum atomic E-state index is 0.562. The van der Waals surface area contributed by atoms with E-state index < -0.39 is 0 Å². The number of hydrogen-bond donors (Lipinski definition) is 1. The molecule has 3 rings (SSSR count). The fourth-order valence-electron chi connectivity index (χ4n) is 2.10. The van der Waals surface area contributed by atoms with Gasteiger partial charge >= 0.3 is 0 Å². The Hall–Kier alpha value is -2.78. The first-order valence-electron chi connectivity index (χ1n) is 7.61. The Labute approximate surface area is 146 Å². The number of rotatable bonds is 6. The van der Waals surface area contributed by atoms with Crippen LogP contribution in [-0.2, 0) is 6.61 Å². The van der Waals surface area contributed by atoms with Crippen molar-refractivity contribution >= 4 is 23.5 Å². The Bertz CT molecular complexity index is 784. The summed E-state index contributed by atoms with van der Waals surface area (Å²) in [6.07, 6.45) is 1.76. The Morgan fingerprint density at radius 3 is 2.29 bits per heavy atom. The van der Waals surface area contributed by atoms with Crippen molar-refractivity contribution in [1.82, 2.24) is 0 Å². The highest BCUT2D eigenvalue weighted by Crippen LogP contribution is 2.15. The van der Waals surface area contributed by atoms with Crippen molar-refractivity contribution in [3.05, 3.63) is 95.0 Å². The Kier molecular flexibility index (Phi) is 5.48. The SMILES string of the molecule is Clc1ccc(N/N=C\c2ccc(OCc3ccccc3)cc2)cc1. The van der Waals surface area contributed by atoms with Gasteiger partial charge < -0.3 is 4.74 Å². The lowest BCUT2D eigenvalue weighted by atomic mass is 10.2. The van der Waals surface area contributed by atoms with E-state index in [0.717, 1.165) is 22.6 Å². The van der Waals surface area contributed by atoms with Crippen LogP contribution in [0.5, 0.6) is 5.75 Å². The van der Waals surface area contributed by atoms with Crippen molar-refractivity contribution in [3.63, 3.8) is 0 Å². The molecule has 0 aliphatic carbocycles. The van der Waals surface area contributed by atoms with Crippen LogP contribution in [0.4, 0.5) is 5.69 Å². The molecule has 3 aromatic carbocycles. The summed E-state index contributed by atoms with van der Waals surface area (Å²) in [4.78, 5) is 0. The fourth-order valence-corrected chi connectivity index (χ4v) is 2.22. The number of benzene rings is 3. The molecule has 3 nitrogen and oxygen atoms in total. The topological polar surface area (TPSA) is 33.6 Å². The summed E-state index contributed by atoms with van der Waals surface area (Å²) in [7, 11) is 0. The molecule has 0 aliphatic heterocycles. The molecule has 0 aromatic heterocycles. The average Bonchev–Trinajstić information content (AvgIpc) is 2.64. The normalized spacial score (nSPS) is 10.7. The van der Waals surface area contributed by atoms with Crippen molar-refractivity contribution in [2.24, 2.45) is 5.10 Å². The maximum atomic E-state index is 5.84. The van der Waals surface area contributed by atoms with E-state index in [1.807, 2.05) is 78.9 Å². The quantitative estimate of drug-likeness (QED) is 0.485. The van der Waals surface area contributed by atoms with Crippen LogP contribution in [0.2, 0.25) is 5.02 Å². The lowest BCUT2D eigenvalue weighted by Gasteiger charge is -2.06. The number of nitrogens with one attached hydrogen (secondary N) is 1. The van der Waals surface area contributed by atoms with E-state index in [0.29, 0.717) is 11.6 Å². The smallest absolute Gasteiger partial charge is 0.119 e. The van der Waals surface area contributed by atoms with Gasteiger partial charge in [0.2, 0.25) is 0 Å². The average molecular weight is 337 g/mol. The van der Waals surface area contributed by atoms with Crippen LogP contribution in [0.3, 0.4) is 0 Å². The monoisotopic (exact) mass is 336 g/mol. The predicted octanol–water partition coefficient (Wildman–Crippen LogP) is 5.37. The second-order valence-electron chi connectivity index (χ2n) is 5.22. The third-order valence-corrected chi connectivity index (χ3v) is 3.63. The molecule has 3 aromatic rings. The van der Waals surface area contributed by atoms with Crippen LogP contribution in [0.15, 0.2) is 84.0 Å². The number of ether oxygens (including phenoxy) is 1. The lowest BCUT2D eigenvalue weighted by molar-refractivity contribution is 0.306. The molecule has 24 heavy (non-hydrogen) atoms. The molecule has 0 fully saturated rings. The molecule has 0 saturated carbocycles. The summed E-state index contributed by atoms with van der Waals surface area (Å²) >= 11 is 5.84. The lowest BCUT2D eigenvalue weighted by Crippen LogP contribution is -1.95. The first-order valence-corrected chi connectivity index (χ1v) is 7.99. The maximum absolute atomic E-state index is 5.84. The van der Waals surface area contributed by atoms with Crippen LogP contribution in [0.25, 0.3) is 0 Å². The number of halogens is 1. The zero-order valence-electron chi connectivity index (χ0n) is 13.0. The fraction of sp³-hybridized carbons (Fsp3) is 0.0500. The molecule has 0 saturated heterocycles. The van der Waals surface area contributed by atoms with Crippen molar-refractivity contribution < 1.29 is 4.74 Å². The number of hydrazone groups is 1. The number of anilines is 1. The maximum Gasteiger partial charge on any atom is 0.119 e. The van der Waals surface area contributed by atoms with Gasteiger partial charge in [-0.2, -0.15) is 5.10 Å². The van der Waals surface area contributed by atoms with Crippen molar-refractivity contribution in [1.29, 1.82) is 0 Å². The minimum absolute atomic E-state index is 0.562. The summed E-state index contributed by atoms with van der Waals surface area (Å²) in [5.74, 6) is 0.835. The Morgan fingerprint density at radius 1 is 0.875 bits per heavy atom. The van der Waals surface area contributed by atoms with E-state index in [9.17, 15) is 0 Å². The van der Waals surface area contributed by atoms with Crippen molar-refractivity contribution in [2.75, 3.05) is 5.43 Å². The van der Waals surface area contributed by atoms with E-state index in [4.69, 9.17) is 16.3 Å². The van der Waals surface area contributed by atoms with Gasteiger partial charge in [0.25, 0.3) is 0 Å². The van der Waals surface area contributed by atoms with E-state index in [1.54, 1.807) is 6.21 Å². The van der Waals surface area contributed by atoms with Gasteiger partial charge in [-0.25, -0.2) is 0 Å². The highest BCUT2D eigenvalue weighted by atomic mass is 35.5. The van der Waals surface area contributed by atoms with E-state index in [2.05, 4.69) is 10.5 Å². The molecular formula is C20H17ClN2O. The van der Waals surface area contributed by atoms with Crippen LogP contribution in [0.1, 0.15) is 11.1 Å². The highest BCUT2D eigenvalue weighted by molar-refractivity contribution is 6.30. The molecule has 0 aliphatic rings. The van der Waals surface area contributed by atoms with Gasteiger partial charge in [0, 0.05) is 5.02 Å². The largest absolute Gasteiger partial charge is 0.489 e. The first-order chi connectivity index (χ1) is 11.8. The summed E-state index contributed by atoms with van der Waals surface area (Å²) in [5.41, 5.74) is 5.99. The van der Waals surface area contributed by atoms with Gasteiger partial charge in [0.15, 0.2) is 0 Å². The van der Waals surface area contributed by atoms with Gasteiger partial charge in [-0.1, -0.05) is 41.9 Å². The van der Waals surface area contributed by atoms with Gasteiger partial charge in [-0.05, 0) is 59.7 Å². The molecular weight excluding hydrogens is 320 g/mol. The van der Waals surface area contributed by atoms with Gasteiger partial charge in [-0.15, -0.1) is 0 Å². The van der Waals surface area contributed by atoms with E-state index >= 15 is 0 Å². The van der Waals surface area contributed by atoms with Gasteiger partial charge in [-0.3, -0.25) is 5.43 Å². The van der Waals surface area contributed by atoms with Crippen LogP contribution >= 0.6 is 11.6 Å². The van der Waals surface area contributed by atoms with Gasteiger partial charge in [0.1, 0.15) is 12.4 Å². The summed E-state index contributed by atoms with van der Waals surface area (Å²) < 4.78 is 5.76. The standard InChI is InChI=1S/C20H17ClN2O/c21-18-8-10-19(11-9-18)23-22-14-16-6-12-20(13-7-16)24-15-17-4-2-1-3-5-17/h1-14,23H,15H2/b22-14-. The molecule has 0 amide bonds. The minimum Gasteiger partial charge on any atom is -0.489 e. The Morgan fingerprint density at radius 2 is 1.58 bits per heavy atom. The first kappa shape index (κ1) is 16.1. The van der Waals surface area contributed by atoms with Crippen molar-refractivity contribution in [2.45, 2.75) is 6.61 Å². The van der Waals surface area contributed by atoms with E-state index in [-0.39, 0.29) is 0 Å². The second-order valence-corrected chi connectivity index (χ2v) is 5.66. The molecule has 0 heterocycles. The second kappa shape index (κ2) is 8.18. The van der Waals surface area contributed by atoms with E-state index in [1.165, 1.54) is 0 Å². The third-order valence-electron chi connectivity index (χ3n) is 3.38. The number of nitrogens with zero attached hydrogens (tertiary/aromatic N) is 1. The molecule has 0 atom stereocenters. The van der Waals surface area contributed by atoms with Crippen LogP contribution in [0, 0.1) is 0 Å². The van der Waals surface area contributed by atoms with Crippen molar-refractivity contribution in [3.8, 4) is 5.75 Å². The third kappa shape index (κ3) is 4.86. The molecule has 120 valence electrons. The molecule has 0 spiro atoms. The predicted molar refractivity (Wildman–Crippen MR) is 99.9 cm³/mol. The molecule has 0 radical (unpaired) electrons.